The summed E-state index contributed by atoms with van der Waals surface area (Å²) in [6.45, 7) is 1.39. The van der Waals surface area contributed by atoms with E-state index in [9.17, 15) is 14.4 Å². The van der Waals surface area contributed by atoms with E-state index in [0.717, 1.165) is 0 Å². The van der Waals surface area contributed by atoms with E-state index in [-0.39, 0.29) is 0 Å². The standard InChI is InChI=1S/C19H18ClN3O4/c1-2-19(13-8-4-3-5-9-13)17(25)23(18(26)21-19)22-16(24)12-27-15-11-7-6-10-14(15)20/h3-11H,2,12H2,1H3,(H,21,26)(H,22,24)/t19-/m0/s1. The largest absolute Gasteiger partial charge is 0.482 e. The first-order valence-corrected chi connectivity index (χ1v) is 8.75. The molecule has 3 rings (SSSR count). The van der Waals surface area contributed by atoms with E-state index >= 15 is 0 Å². The molecule has 0 radical (unpaired) electrons. The molecule has 0 saturated carbocycles. The minimum absolute atomic E-state index is 0.332. The summed E-state index contributed by atoms with van der Waals surface area (Å²) in [5, 5.41) is 3.73. The van der Waals surface area contributed by atoms with Crippen LogP contribution in [0.5, 0.6) is 5.75 Å². The molecule has 27 heavy (non-hydrogen) atoms. The van der Waals surface area contributed by atoms with Gasteiger partial charge in [-0.05, 0) is 24.1 Å². The number of imide groups is 1. The monoisotopic (exact) mass is 387 g/mol. The van der Waals surface area contributed by atoms with Crippen LogP contribution in [-0.2, 0) is 15.1 Å². The molecule has 8 heteroatoms. The number of rotatable bonds is 6. The Bertz CT molecular complexity index is 874. The third-order valence-electron chi connectivity index (χ3n) is 4.32. The van der Waals surface area contributed by atoms with Crippen molar-refractivity contribution in [1.29, 1.82) is 0 Å². The summed E-state index contributed by atoms with van der Waals surface area (Å²) in [5.41, 5.74) is 1.73. The minimum Gasteiger partial charge on any atom is -0.482 e. The molecule has 0 aromatic heterocycles. The van der Waals surface area contributed by atoms with Crippen LogP contribution in [0.15, 0.2) is 54.6 Å². The second-order valence-corrected chi connectivity index (χ2v) is 6.36. The molecule has 1 aliphatic heterocycles. The van der Waals surface area contributed by atoms with Crippen LogP contribution in [-0.4, -0.2) is 29.5 Å². The number of ether oxygens (including phenoxy) is 1. The van der Waals surface area contributed by atoms with Crippen molar-refractivity contribution >= 4 is 29.4 Å². The molecule has 1 aliphatic rings. The number of para-hydroxylation sites is 1. The van der Waals surface area contributed by atoms with Crippen LogP contribution >= 0.6 is 11.6 Å². The van der Waals surface area contributed by atoms with Gasteiger partial charge in [-0.2, -0.15) is 5.01 Å². The molecular formula is C19H18ClN3O4. The van der Waals surface area contributed by atoms with Crippen molar-refractivity contribution in [2.45, 2.75) is 18.9 Å². The number of amides is 4. The van der Waals surface area contributed by atoms with Crippen LogP contribution in [0, 0.1) is 0 Å². The molecule has 1 fully saturated rings. The zero-order valence-electron chi connectivity index (χ0n) is 14.6. The maximum atomic E-state index is 12.9. The first kappa shape index (κ1) is 18.7. The minimum atomic E-state index is -1.21. The third-order valence-corrected chi connectivity index (χ3v) is 4.63. The predicted octanol–water partition coefficient (Wildman–Crippen LogP) is 2.61. The number of benzene rings is 2. The molecular weight excluding hydrogens is 370 g/mol. The first-order chi connectivity index (χ1) is 13.0. The van der Waals surface area contributed by atoms with E-state index in [2.05, 4.69) is 10.7 Å². The van der Waals surface area contributed by atoms with E-state index in [0.29, 0.717) is 27.8 Å². The molecule has 1 atom stereocenters. The van der Waals surface area contributed by atoms with Gasteiger partial charge in [0.1, 0.15) is 11.3 Å². The number of halogens is 1. The number of nitrogens with zero attached hydrogens (tertiary/aromatic N) is 1. The van der Waals surface area contributed by atoms with Gasteiger partial charge in [0.2, 0.25) is 0 Å². The molecule has 2 N–H and O–H groups in total. The summed E-state index contributed by atoms with van der Waals surface area (Å²) in [6, 6.07) is 14.9. The van der Waals surface area contributed by atoms with Gasteiger partial charge in [-0.15, -0.1) is 0 Å². The second kappa shape index (κ2) is 7.67. The SMILES string of the molecule is CC[C@@]1(c2ccccc2)NC(=O)N(NC(=O)COc2ccccc2Cl)C1=O. The number of carbonyl (C=O) groups excluding carboxylic acids is 3. The highest BCUT2D eigenvalue weighted by atomic mass is 35.5. The molecule has 0 spiro atoms. The van der Waals surface area contributed by atoms with E-state index in [1.165, 1.54) is 0 Å². The summed E-state index contributed by atoms with van der Waals surface area (Å²) in [6.07, 6.45) is 0.337. The Balaban J connectivity index is 1.70. The van der Waals surface area contributed by atoms with Gasteiger partial charge in [-0.25, -0.2) is 4.79 Å². The van der Waals surface area contributed by atoms with E-state index < -0.39 is 30.0 Å². The van der Waals surface area contributed by atoms with Crippen molar-refractivity contribution in [2.24, 2.45) is 0 Å². The Hall–Kier alpha value is -3.06. The van der Waals surface area contributed by atoms with Crippen LogP contribution < -0.4 is 15.5 Å². The summed E-state index contributed by atoms with van der Waals surface area (Å²) < 4.78 is 5.33. The van der Waals surface area contributed by atoms with Crippen molar-refractivity contribution in [1.82, 2.24) is 15.8 Å². The van der Waals surface area contributed by atoms with Gasteiger partial charge in [0.15, 0.2) is 6.61 Å². The van der Waals surface area contributed by atoms with Crippen molar-refractivity contribution in [3.8, 4) is 5.75 Å². The van der Waals surface area contributed by atoms with Gasteiger partial charge < -0.3 is 10.1 Å². The Labute approximate surface area is 161 Å². The molecule has 1 saturated heterocycles. The fourth-order valence-corrected chi connectivity index (χ4v) is 3.09. The number of hydrogen-bond donors (Lipinski definition) is 2. The smallest absolute Gasteiger partial charge is 0.344 e. The first-order valence-electron chi connectivity index (χ1n) is 8.37. The highest BCUT2D eigenvalue weighted by Gasteiger charge is 2.52. The van der Waals surface area contributed by atoms with Crippen LogP contribution in [0.3, 0.4) is 0 Å². The second-order valence-electron chi connectivity index (χ2n) is 5.95. The molecule has 4 amide bonds. The summed E-state index contributed by atoms with van der Waals surface area (Å²) in [7, 11) is 0. The number of hydrogen-bond acceptors (Lipinski definition) is 4. The Morgan fingerprint density at radius 1 is 1.15 bits per heavy atom. The molecule has 0 unspecified atom stereocenters. The topological polar surface area (TPSA) is 87.7 Å². The van der Waals surface area contributed by atoms with Crippen LogP contribution in [0.2, 0.25) is 5.02 Å². The van der Waals surface area contributed by atoms with Gasteiger partial charge in [0.05, 0.1) is 5.02 Å². The van der Waals surface area contributed by atoms with E-state index in [1.807, 2.05) is 6.07 Å². The molecule has 2 aromatic rings. The Morgan fingerprint density at radius 3 is 2.48 bits per heavy atom. The number of urea groups is 1. The highest BCUT2D eigenvalue weighted by molar-refractivity contribution is 6.32. The van der Waals surface area contributed by atoms with Gasteiger partial charge in [0, 0.05) is 0 Å². The van der Waals surface area contributed by atoms with Gasteiger partial charge in [-0.3, -0.25) is 15.0 Å². The number of nitrogens with one attached hydrogen (secondary N) is 2. The average Bonchev–Trinajstić information content (AvgIpc) is 2.93. The lowest BCUT2D eigenvalue weighted by Crippen LogP contribution is -2.49. The van der Waals surface area contributed by atoms with Gasteiger partial charge in [-0.1, -0.05) is 61.0 Å². The molecule has 0 aliphatic carbocycles. The van der Waals surface area contributed by atoms with Crippen LogP contribution in [0.1, 0.15) is 18.9 Å². The number of carbonyl (C=O) groups is 3. The quantitative estimate of drug-likeness (QED) is 0.746. The van der Waals surface area contributed by atoms with Crippen molar-refractivity contribution in [3.05, 3.63) is 65.2 Å². The predicted molar refractivity (Wildman–Crippen MR) is 98.9 cm³/mol. The molecule has 1 heterocycles. The van der Waals surface area contributed by atoms with Gasteiger partial charge in [0.25, 0.3) is 11.8 Å². The molecule has 2 aromatic carbocycles. The Morgan fingerprint density at radius 2 is 1.81 bits per heavy atom. The van der Waals surface area contributed by atoms with Crippen molar-refractivity contribution < 1.29 is 19.1 Å². The highest BCUT2D eigenvalue weighted by Crippen LogP contribution is 2.31. The van der Waals surface area contributed by atoms with Crippen molar-refractivity contribution in [2.75, 3.05) is 6.61 Å². The lowest BCUT2D eigenvalue weighted by atomic mass is 9.87. The summed E-state index contributed by atoms with van der Waals surface area (Å²) >= 11 is 5.96. The van der Waals surface area contributed by atoms with Gasteiger partial charge >= 0.3 is 6.03 Å². The fraction of sp³-hybridized carbons (Fsp3) is 0.211. The Kier molecular flexibility index (Phi) is 5.32. The normalized spacial score (nSPS) is 19.0. The average molecular weight is 388 g/mol. The van der Waals surface area contributed by atoms with Crippen LogP contribution in [0.4, 0.5) is 4.79 Å². The third kappa shape index (κ3) is 3.59. The number of hydrazine groups is 1. The molecule has 0 bridgehead atoms. The van der Waals surface area contributed by atoms with Crippen LogP contribution in [0.25, 0.3) is 0 Å². The maximum absolute atomic E-state index is 12.9. The molecule has 7 nitrogen and oxygen atoms in total. The maximum Gasteiger partial charge on any atom is 0.344 e. The lowest BCUT2D eigenvalue weighted by Gasteiger charge is -2.25. The molecule has 140 valence electrons. The summed E-state index contributed by atoms with van der Waals surface area (Å²) in [4.78, 5) is 37.4. The zero-order valence-corrected chi connectivity index (χ0v) is 15.3. The zero-order chi connectivity index (χ0) is 19.4. The lowest BCUT2D eigenvalue weighted by molar-refractivity contribution is -0.140. The van der Waals surface area contributed by atoms with E-state index in [4.69, 9.17) is 16.3 Å². The van der Waals surface area contributed by atoms with E-state index in [1.54, 1.807) is 55.5 Å². The summed E-state index contributed by atoms with van der Waals surface area (Å²) in [5.74, 6) is -0.871. The van der Waals surface area contributed by atoms with Crippen molar-refractivity contribution in [3.63, 3.8) is 0 Å². The fourth-order valence-electron chi connectivity index (χ4n) is 2.90.